The first-order valence-electron chi connectivity index (χ1n) is 5.31. The molecule has 0 atom stereocenters. The molecule has 0 aliphatic carbocycles. The summed E-state index contributed by atoms with van der Waals surface area (Å²) in [6.07, 6.45) is 1.35. The van der Waals surface area contributed by atoms with Gasteiger partial charge in [0.25, 0.3) is 0 Å². The van der Waals surface area contributed by atoms with E-state index < -0.39 is 20.7 Å². The Hall–Kier alpha value is -0.960. The number of aliphatic hydroxyl groups excluding tert-OH is 1. The van der Waals surface area contributed by atoms with E-state index in [1.165, 1.54) is 6.08 Å². The predicted molar refractivity (Wildman–Crippen MR) is 74.6 cm³/mol. The number of nitrogens with zero attached hydrogens (tertiary/aromatic N) is 1. The molecular weight excluding hydrogens is 339 g/mol. The van der Waals surface area contributed by atoms with E-state index >= 15 is 0 Å². The number of nitrogen functional groups attached to an aromatic ring is 1. The topological polar surface area (TPSA) is 83.6 Å². The number of benzene rings is 1. The van der Waals surface area contributed by atoms with Gasteiger partial charge in [-0.1, -0.05) is 6.08 Å². The van der Waals surface area contributed by atoms with Gasteiger partial charge in [-0.3, -0.25) is 0 Å². The van der Waals surface area contributed by atoms with Gasteiger partial charge >= 0.3 is 0 Å². The Morgan fingerprint density at radius 1 is 1.53 bits per heavy atom. The van der Waals surface area contributed by atoms with E-state index in [0.29, 0.717) is 0 Å². The van der Waals surface area contributed by atoms with Crippen LogP contribution in [-0.4, -0.2) is 37.5 Å². The number of hydrogen-bond acceptors (Lipinski definition) is 4. The molecular formula is C11H14BrFN2O3S. The number of rotatable bonds is 6. The first-order chi connectivity index (χ1) is 8.84. The van der Waals surface area contributed by atoms with Crippen molar-refractivity contribution in [2.75, 3.05) is 25.4 Å². The number of halogens is 2. The van der Waals surface area contributed by atoms with Crippen molar-refractivity contribution >= 4 is 31.6 Å². The lowest BCUT2D eigenvalue weighted by Gasteiger charge is -2.20. The summed E-state index contributed by atoms with van der Waals surface area (Å²) in [4.78, 5) is -0.525. The van der Waals surface area contributed by atoms with Crippen LogP contribution in [0.4, 0.5) is 10.1 Å². The highest BCUT2D eigenvalue weighted by molar-refractivity contribution is 9.10. The summed E-state index contributed by atoms with van der Waals surface area (Å²) in [6.45, 7) is 2.88. The monoisotopic (exact) mass is 352 g/mol. The van der Waals surface area contributed by atoms with Crippen molar-refractivity contribution in [3.8, 4) is 0 Å². The molecule has 8 heteroatoms. The Labute approximate surface area is 119 Å². The summed E-state index contributed by atoms with van der Waals surface area (Å²) in [5.41, 5.74) is 5.68. The largest absolute Gasteiger partial charge is 0.398 e. The van der Waals surface area contributed by atoms with Crippen LogP contribution in [-0.2, 0) is 10.0 Å². The normalized spacial score (nSPS) is 11.8. The molecule has 0 radical (unpaired) electrons. The second-order valence-electron chi connectivity index (χ2n) is 3.68. The third-order valence-corrected chi connectivity index (χ3v) is 4.92. The Kier molecular flexibility index (Phi) is 5.48. The van der Waals surface area contributed by atoms with Crippen LogP contribution in [0.2, 0.25) is 0 Å². The number of sulfonamides is 1. The third kappa shape index (κ3) is 3.53. The van der Waals surface area contributed by atoms with Gasteiger partial charge in [0.2, 0.25) is 10.0 Å². The molecule has 0 aromatic heterocycles. The molecule has 0 spiro atoms. The predicted octanol–water partition coefficient (Wildman–Crippen LogP) is 1.34. The van der Waals surface area contributed by atoms with Crippen LogP contribution in [0, 0.1) is 5.82 Å². The first-order valence-corrected chi connectivity index (χ1v) is 7.54. The minimum atomic E-state index is -4.07. The summed E-state index contributed by atoms with van der Waals surface area (Å²) < 4.78 is 39.5. The van der Waals surface area contributed by atoms with Crippen molar-refractivity contribution in [3.05, 3.63) is 35.1 Å². The second kappa shape index (κ2) is 6.47. The molecule has 0 aliphatic heterocycles. The van der Waals surface area contributed by atoms with E-state index in [-0.39, 0.29) is 29.9 Å². The van der Waals surface area contributed by atoms with E-state index in [1.807, 2.05) is 0 Å². The van der Waals surface area contributed by atoms with Crippen LogP contribution in [0.3, 0.4) is 0 Å². The maximum Gasteiger partial charge on any atom is 0.246 e. The molecule has 0 amide bonds. The smallest absolute Gasteiger partial charge is 0.246 e. The number of nitrogens with two attached hydrogens (primary N) is 1. The van der Waals surface area contributed by atoms with Crippen LogP contribution in [0.1, 0.15) is 0 Å². The third-order valence-electron chi connectivity index (χ3n) is 2.35. The standard InChI is InChI=1S/C11H14BrFN2O3S/c1-2-3-15(4-5-16)19(17,18)11-7-10(14)8(12)6-9(11)13/h2,6-7,16H,1,3-5,14H2. The summed E-state index contributed by atoms with van der Waals surface area (Å²) in [6, 6.07) is 2.04. The molecule has 0 bridgehead atoms. The van der Waals surface area contributed by atoms with Gasteiger partial charge in [-0.25, -0.2) is 12.8 Å². The van der Waals surface area contributed by atoms with E-state index in [0.717, 1.165) is 16.4 Å². The molecule has 1 aromatic carbocycles. The molecule has 0 unspecified atom stereocenters. The van der Waals surface area contributed by atoms with Crippen molar-refractivity contribution in [3.63, 3.8) is 0 Å². The lowest BCUT2D eigenvalue weighted by atomic mass is 10.3. The van der Waals surface area contributed by atoms with E-state index in [9.17, 15) is 12.8 Å². The summed E-state index contributed by atoms with van der Waals surface area (Å²) >= 11 is 3.02. The summed E-state index contributed by atoms with van der Waals surface area (Å²) in [7, 11) is -4.07. The summed E-state index contributed by atoms with van der Waals surface area (Å²) in [5, 5.41) is 8.88. The van der Waals surface area contributed by atoms with Gasteiger partial charge in [-0.2, -0.15) is 4.31 Å². The molecule has 5 nitrogen and oxygen atoms in total. The van der Waals surface area contributed by atoms with Gasteiger partial charge in [-0.05, 0) is 28.1 Å². The maximum atomic E-state index is 13.8. The Bertz CT molecular complexity index is 578. The van der Waals surface area contributed by atoms with E-state index in [4.69, 9.17) is 10.8 Å². The number of hydrogen-bond donors (Lipinski definition) is 2. The van der Waals surface area contributed by atoms with Crippen LogP contribution >= 0.6 is 15.9 Å². The number of aliphatic hydroxyl groups is 1. The van der Waals surface area contributed by atoms with E-state index in [1.54, 1.807) is 0 Å². The zero-order chi connectivity index (χ0) is 14.6. The fourth-order valence-electron chi connectivity index (χ4n) is 1.45. The van der Waals surface area contributed by atoms with Gasteiger partial charge in [-0.15, -0.1) is 6.58 Å². The minimum Gasteiger partial charge on any atom is -0.398 e. The van der Waals surface area contributed by atoms with Gasteiger partial charge in [0, 0.05) is 23.2 Å². The lowest BCUT2D eigenvalue weighted by Crippen LogP contribution is -2.34. The fraction of sp³-hybridized carbons (Fsp3) is 0.273. The van der Waals surface area contributed by atoms with Crippen molar-refractivity contribution in [1.29, 1.82) is 0 Å². The van der Waals surface area contributed by atoms with Gasteiger partial charge in [0.05, 0.1) is 6.61 Å². The Balaban J connectivity index is 3.32. The van der Waals surface area contributed by atoms with Crippen LogP contribution in [0.25, 0.3) is 0 Å². The molecule has 19 heavy (non-hydrogen) atoms. The molecule has 0 saturated carbocycles. The van der Waals surface area contributed by atoms with Crippen LogP contribution < -0.4 is 5.73 Å². The number of anilines is 1. The van der Waals surface area contributed by atoms with Gasteiger partial charge in [0.15, 0.2) is 0 Å². The van der Waals surface area contributed by atoms with Crippen molar-refractivity contribution in [2.45, 2.75) is 4.90 Å². The molecule has 106 valence electrons. The summed E-state index contributed by atoms with van der Waals surface area (Å²) in [5.74, 6) is -0.909. The van der Waals surface area contributed by atoms with Crippen molar-refractivity contribution < 1.29 is 17.9 Å². The average molecular weight is 353 g/mol. The SMILES string of the molecule is C=CCN(CCO)S(=O)(=O)c1cc(N)c(Br)cc1F. The fourth-order valence-corrected chi connectivity index (χ4v) is 3.25. The lowest BCUT2D eigenvalue weighted by molar-refractivity contribution is 0.260. The van der Waals surface area contributed by atoms with E-state index in [2.05, 4.69) is 22.5 Å². The van der Waals surface area contributed by atoms with Crippen molar-refractivity contribution in [1.82, 2.24) is 4.31 Å². The molecule has 1 aromatic rings. The zero-order valence-electron chi connectivity index (χ0n) is 10.0. The molecule has 3 N–H and O–H groups in total. The highest BCUT2D eigenvalue weighted by Crippen LogP contribution is 2.27. The molecule has 0 heterocycles. The highest BCUT2D eigenvalue weighted by Gasteiger charge is 2.27. The Morgan fingerprint density at radius 2 is 2.16 bits per heavy atom. The minimum absolute atomic E-state index is 0.0295. The van der Waals surface area contributed by atoms with Crippen molar-refractivity contribution in [2.24, 2.45) is 0 Å². The second-order valence-corrected chi connectivity index (χ2v) is 6.44. The average Bonchev–Trinajstić information content (AvgIpc) is 2.33. The highest BCUT2D eigenvalue weighted by atomic mass is 79.9. The molecule has 0 fully saturated rings. The van der Waals surface area contributed by atoms with Crippen LogP contribution in [0.5, 0.6) is 0 Å². The zero-order valence-corrected chi connectivity index (χ0v) is 12.4. The van der Waals surface area contributed by atoms with Gasteiger partial charge in [0.1, 0.15) is 10.7 Å². The first kappa shape index (κ1) is 16.1. The quantitative estimate of drug-likeness (QED) is 0.597. The molecule has 0 saturated heterocycles. The Morgan fingerprint density at radius 3 is 2.68 bits per heavy atom. The maximum absolute atomic E-state index is 13.8. The van der Waals surface area contributed by atoms with Crippen LogP contribution in [0.15, 0.2) is 34.2 Å². The van der Waals surface area contributed by atoms with Gasteiger partial charge < -0.3 is 10.8 Å². The molecule has 0 aliphatic rings. The molecule has 1 rings (SSSR count).